The zero-order chi connectivity index (χ0) is 18.4. The summed E-state index contributed by atoms with van der Waals surface area (Å²) in [5.41, 5.74) is 0.413. The second-order valence-electron chi connectivity index (χ2n) is 6.03. The Bertz CT molecular complexity index is 421. The third-order valence-electron chi connectivity index (χ3n) is 3.58. The van der Waals surface area contributed by atoms with E-state index >= 15 is 0 Å². The van der Waals surface area contributed by atoms with Gasteiger partial charge in [0.1, 0.15) is 0 Å². The van der Waals surface area contributed by atoms with Crippen LogP contribution in [0.5, 0.6) is 0 Å². The summed E-state index contributed by atoms with van der Waals surface area (Å²) < 4.78 is 5.03. The van der Waals surface area contributed by atoms with Crippen molar-refractivity contribution in [3.05, 3.63) is 12.2 Å². The highest BCUT2D eigenvalue weighted by atomic mass is 16.5. The average Bonchev–Trinajstić information content (AvgIpc) is 2.50. The third kappa shape index (κ3) is 12.7. The Kier molecular flexibility index (Phi) is 12.5. The summed E-state index contributed by atoms with van der Waals surface area (Å²) in [6, 6.07) is 0. The molecule has 138 valence electrons. The molecule has 0 spiro atoms. The lowest BCUT2D eigenvalue weighted by Crippen LogP contribution is -2.31. The van der Waals surface area contributed by atoms with Gasteiger partial charge in [-0.05, 0) is 45.4 Å². The smallest absolute Gasteiger partial charge is 0.333 e. The molecule has 0 rings (SSSR count). The number of hydrogen-bond acceptors (Lipinski definition) is 4. The van der Waals surface area contributed by atoms with Gasteiger partial charge < -0.3 is 15.0 Å². The first-order chi connectivity index (χ1) is 11.3. The van der Waals surface area contributed by atoms with Crippen LogP contribution in [0, 0.1) is 0 Å². The van der Waals surface area contributed by atoms with Crippen LogP contribution in [0.2, 0.25) is 0 Å². The first kappa shape index (κ1) is 22.1. The minimum Gasteiger partial charge on any atom is -0.462 e. The van der Waals surface area contributed by atoms with Crippen molar-refractivity contribution >= 4 is 17.8 Å². The highest BCUT2D eigenvalue weighted by Gasteiger charge is 2.08. The van der Waals surface area contributed by atoms with Gasteiger partial charge >= 0.3 is 5.97 Å². The highest BCUT2D eigenvalue weighted by Crippen LogP contribution is 2.04. The molecule has 0 unspecified atom stereocenters. The number of rotatable bonds is 13. The molecule has 0 fully saturated rings. The van der Waals surface area contributed by atoms with Crippen LogP contribution in [0.3, 0.4) is 0 Å². The Morgan fingerprint density at radius 2 is 1.50 bits per heavy atom. The number of hydrogen-bond donors (Lipinski definition) is 1. The molecule has 1 N–H and O–H groups in total. The average molecular weight is 340 g/mol. The number of amides is 2. The molecule has 2 amide bonds. The fraction of sp³-hybridized carbons (Fsp3) is 0.722. The standard InChI is InChI=1S/C18H32N2O4/c1-15(2)18(23)24-14-10-6-9-13-20(17(4)22)12-8-5-7-11-19-16(3)21/h1,5-14H2,2-4H3,(H,19,21). The summed E-state index contributed by atoms with van der Waals surface area (Å²) in [7, 11) is 0. The van der Waals surface area contributed by atoms with Gasteiger partial charge in [-0.2, -0.15) is 0 Å². The van der Waals surface area contributed by atoms with Crippen LogP contribution in [-0.4, -0.2) is 48.9 Å². The predicted octanol–water partition coefficient (Wildman–Crippen LogP) is 2.43. The number of nitrogens with one attached hydrogen (secondary N) is 1. The summed E-state index contributed by atoms with van der Waals surface area (Å²) in [6.45, 7) is 10.8. The number of nitrogens with zero attached hydrogens (tertiary/aromatic N) is 1. The van der Waals surface area contributed by atoms with E-state index in [1.165, 1.54) is 6.92 Å². The van der Waals surface area contributed by atoms with E-state index in [2.05, 4.69) is 11.9 Å². The number of carbonyl (C=O) groups is 3. The molecule has 0 aromatic carbocycles. The van der Waals surface area contributed by atoms with Crippen molar-refractivity contribution < 1.29 is 19.1 Å². The molecule has 6 nitrogen and oxygen atoms in total. The number of ether oxygens (including phenoxy) is 1. The van der Waals surface area contributed by atoms with Gasteiger partial charge in [0.25, 0.3) is 0 Å². The van der Waals surface area contributed by atoms with Gasteiger partial charge in [-0.15, -0.1) is 0 Å². The minimum absolute atomic E-state index is 0.00528. The van der Waals surface area contributed by atoms with Crippen molar-refractivity contribution in [2.24, 2.45) is 0 Å². The maximum atomic E-state index is 11.6. The van der Waals surface area contributed by atoms with E-state index in [-0.39, 0.29) is 17.8 Å². The molecule has 0 aliphatic rings. The maximum absolute atomic E-state index is 11.6. The van der Waals surface area contributed by atoms with Crippen molar-refractivity contribution in [1.29, 1.82) is 0 Å². The lowest BCUT2D eigenvalue weighted by molar-refractivity contribution is -0.139. The van der Waals surface area contributed by atoms with Crippen LogP contribution in [0.15, 0.2) is 12.2 Å². The van der Waals surface area contributed by atoms with E-state index in [4.69, 9.17) is 4.74 Å². The zero-order valence-electron chi connectivity index (χ0n) is 15.4. The fourth-order valence-electron chi connectivity index (χ4n) is 2.17. The number of unbranched alkanes of at least 4 members (excludes halogenated alkanes) is 4. The first-order valence-electron chi connectivity index (χ1n) is 8.67. The molecule has 24 heavy (non-hydrogen) atoms. The fourth-order valence-corrected chi connectivity index (χ4v) is 2.17. The molecule has 0 aliphatic carbocycles. The second-order valence-corrected chi connectivity index (χ2v) is 6.03. The minimum atomic E-state index is -0.348. The van der Waals surface area contributed by atoms with Crippen molar-refractivity contribution in [1.82, 2.24) is 10.2 Å². The molecule has 0 aromatic heterocycles. The third-order valence-corrected chi connectivity index (χ3v) is 3.58. The van der Waals surface area contributed by atoms with Crippen molar-refractivity contribution in [2.75, 3.05) is 26.2 Å². The molecule has 0 aromatic rings. The van der Waals surface area contributed by atoms with E-state index in [0.29, 0.717) is 18.7 Å². The Labute approximate surface area is 145 Å². The summed E-state index contributed by atoms with van der Waals surface area (Å²) in [4.78, 5) is 35.4. The first-order valence-corrected chi connectivity index (χ1v) is 8.67. The van der Waals surface area contributed by atoms with E-state index in [1.54, 1.807) is 13.8 Å². The summed E-state index contributed by atoms with van der Waals surface area (Å²) >= 11 is 0. The van der Waals surface area contributed by atoms with Crippen LogP contribution in [-0.2, 0) is 19.1 Å². The Hall–Kier alpha value is -1.85. The molecule has 0 saturated heterocycles. The predicted molar refractivity (Wildman–Crippen MR) is 94.4 cm³/mol. The van der Waals surface area contributed by atoms with E-state index in [9.17, 15) is 14.4 Å². The Morgan fingerprint density at radius 3 is 2.00 bits per heavy atom. The maximum Gasteiger partial charge on any atom is 0.333 e. The van der Waals surface area contributed by atoms with Gasteiger partial charge in [-0.1, -0.05) is 6.58 Å². The molecule has 0 bridgehead atoms. The van der Waals surface area contributed by atoms with Gasteiger partial charge in [0, 0.05) is 39.1 Å². The van der Waals surface area contributed by atoms with Crippen LogP contribution in [0.25, 0.3) is 0 Å². The zero-order valence-corrected chi connectivity index (χ0v) is 15.4. The van der Waals surface area contributed by atoms with Gasteiger partial charge in [0.2, 0.25) is 11.8 Å². The van der Waals surface area contributed by atoms with Crippen LogP contribution < -0.4 is 5.32 Å². The molecule has 0 atom stereocenters. The number of carbonyl (C=O) groups excluding carboxylic acids is 3. The summed E-state index contributed by atoms with van der Waals surface area (Å²) in [5.74, 6) is -0.264. The van der Waals surface area contributed by atoms with Gasteiger partial charge in [0.05, 0.1) is 6.61 Å². The molecule has 0 saturated carbocycles. The van der Waals surface area contributed by atoms with E-state index in [0.717, 1.165) is 51.6 Å². The Balaban J connectivity index is 3.70. The van der Waals surface area contributed by atoms with Crippen LogP contribution >= 0.6 is 0 Å². The molecular weight excluding hydrogens is 308 g/mol. The molecule has 0 radical (unpaired) electrons. The quantitative estimate of drug-likeness (QED) is 0.317. The van der Waals surface area contributed by atoms with Gasteiger partial charge in [-0.3, -0.25) is 9.59 Å². The van der Waals surface area contributed by atoms with Crippen molar-refractivity contribution in [3.8, 4) is 0 Å². The molecule has 0 aliphatic heterocycles. The molecule has 6 heteroatoms. The lowest BCUT2D eigenvalue weighted by atomic mass is 10.2. The Morgan fingerprint density at radius 1 is 0.917 bits per heavy atom. The number of esters is 1. The summed E-state index contributed by atoms with van der Waals surface area (Å²) in [5, 5.41) is 2.76. The topological polar surface area (TPSA) is 75.7 Å². The SMILES string of the molecule is C=C(C)C(=O)OCCCCCN(CCCCCNC(C)=O)C(C)=O. The van der Waals surface area contributed by atoms with Gasteiger partial charge in [-0.25, -0.2) is 4.79 Å². The lowest BCUT2D eigenvalue weighted by Gasteiger charge is -2.21. The molecule has 0 heterocycles. The highest BCUT2D eigenvalue weighted by molar-refractivity contribution is 5.86. The molecular formula is C18H32N2O4. The largest absolute Gasteiger partial charge is 0.462 e. The van der Waals surface area contributed by atoms with Gasteiger partial charge in [0.15, 0.2) is 0 Å². The van der Waals surface area contributed by atoms with Crippen molar-refractivity contribution in [2.45, 2.75) is 59.3 Å². The van der Waals surface area contributed by atoms with E-state index in [1.807, 2.05) is 4.90 Å². The van der Waals surface area contributed by atoms with Crippen LogP contribution in [0.4, 0.5) is 0 Å². The summed E-state index contributed by atoms with van der Waals surface area (Å²) in [6.07, 6.45) is 5.46. The second kappa shape index (κ2) is 13.6. The monoisotopic (exact) mass is 340 g/mol. The normalized spacial score (nSPS) is 10.1. The van der Waals surface area contributed by atoms with E-state index < -0.39 is 0 Å². The van der Waals surface area contributed by atoms with Crippen LogP contribution in [0.1, 0.15) is 59.3 Å². The van der Waals surface area contributed by atoms with Crippen molar-refractivity contribution in [3.63, 3.8) is 0 Å².